The number of carbonyl (C=O) groups is 1. The molecular formula is C17H24N2O3. The molecule has 1 aromatic heterocycles. The normalized spacial score (nSPS) is 15.8. The zero-order chi connectivity index (χ0) is 16.4. The van der Waals surface area contributed by atoms with Crippen LogP contribution >= 0.6 is 0 Å². The van der Waals surface area contributed by atoms with Gasteiger partial charge in [-0.25, -0.2) is 9.48 Å². The fourth-order valence-corrected chi connectivity index (χ4v) is 2.96. The summed E-state index contributed by atoms with van der Waals surface area (Å²) in [6.07, 6.45) is 5.95. The van der Waals surface area contributed by atoms with E-state index in [1.807, 2.05) is 0 Å². The highest BCUT2D eigenvalue weighted by molar-refractivity contribution is 5.79. The molecule has 2 rings (SSSR count). The van der Waals surface area contributed by atoms with E-state index in [0.717, 1.165) is 11.4 Å². The molecule has 5 heteroatoms. The maximum Gasteiger partial charge on any atom is 0.334 e. The molecule has 0 amide bonds. The number of ether oxygens (including phenoxy) is 2. The van der Waals surface area contributed by atoms with Crippen molar-refractivity contribution in [3.63, 3.8) is 0 Å². The summed E-state index contributed by atoms with van der Waals surface area (Å²) in [5.41, 5.74) is -0.256. The van der Waals surface area contributed by atoms with Crippen molar-refractivity contribution in [1.82, 2.24) is 9.78 Å². The molecule has 1 aromatic rings. The third-order valence-electron chi connectivity index (χ3n) is 3.99. The molecule has 0 spiro atoms. The van der Waals surface area contributed by atoms with Crippen LogP contribution < -0.4 is 4.74 Å². The van der Waals surface area contributed by atoms with Gasteiger partial charge in [-0.05, 0) is 6.92 Å². The third-order valence-corrected chi connectivity index (χ3v) is 3.99. The SMILES string of the molecule is C=CCC(CC=C)(C(=O)OCC)n1ncc2c1C(C)(C)CO2. The summed E-state index contributed by atoms with van der Waals surface area (Å²) in [6.45, 7) is 14.4. The fraction of sp³-hybridized carbons (Fsp3) is 0.529. The molecule has 0 bridgehead atoms. The Balaban J connectivity index is 2.62. The number of aromatic nitrogens is 2. The van der Waals surface area contributed by atoms with Gasteiger partial charge in [0.25, 0.3) is 0 Å². The Morgan fingerprint density at radius 1 is 1.50 bits per heavy atom. The molecule has 22 heavy (non-hydrogen) atoms. The number of esters is 1. The Kier molecular flexibility index (Phi) is 4.44. The molecule has 0 N–H and O–H groups in total. The van der Waals surface area contributed by atoms with Gasteiger partial charge >= 0.3 is 5.97 Å². The Morgan fingerprint density at radius 2 is 2.14 bits per heavy atom. The van der Waals surface area contributed by atoms with Gasteiger partial charge in [0.05, 0.1) is 25.1 Å². The highest BCUT2D eigenvalue weighted by Crippen LogP contribution is 2.42. The summed E-state index contributed by atoms with van der Waals surface area (Å²) in [4.78, 5) is 12.7. The van der Waals surface area contributed by atoms with Crippen molar-refractivity contribution >= 4 is 5.97 Å². The lowest BCUT2D eigenvalue weighted by Crippen LogP contribution is -2.45. The minimum Gasteiger partial charge on any atom is -0.489 e. The summed E-state index contributed by atoms with van der Waals surface area (Å²) < 4.78 is 12.8. The van der Waals surface area contributed by atoms with Crippen LogP contribution in [0.2, 0.25) is 0 Å². The van der Waals surface area contributed by atoms with E-state index >= 15 is 0 Å². The summed E-state index contributed by atoms with van der Waals surface area (Å²) >= 11 is 0. The first-order valence-corrected chi connectivity index (χ1v) is 7.53. The van der Waals surface area contributed by atoms with Crippen molar-refractivity contribution in [2.45, 2.75) is 44.6 Å². The lowest BCUT2D eigenvalue weighted by molar-refractivity contribution is -0.154. The molecule has 0 saturated carbocycles. The van der Waals surface area contributed by atoms with E-state index in [0.29, 0.717) is 26.1 Å². The number of fused-ring (bicyclic) bond motifs is 1. The molecule has 0 fully saturated rings. The molecule has 0 aliphatic carbocycles. The van der Waals surface area contributed by atoms with Crippen LogP contribution in [0.25, 0.3) is 0 Å². The van der Waals surface area contributed by atoms with E-state index in [4.69, 9.17) is 9.47 Å². The van der Waals surface area contributed by atoms with E-state index in [2.05, 4.69) is 32.1 Å². The van der Waals surface area contributed by atoms with Crippen LogP contribution in [0.15, 0.2) is 31.5 Å². The zero-order valence-electron chi connectivity index (χ0n) is 13.6. The predicted molar refractivity (Wildman–Crippen MR) is 85.0 cm³/mol. The van der Waals surface area contributed by atoms with E-state index in [1.165, 1.54) is 0 Å². The number of rotatable bonds is 7. The van der Waals surface area contributed by atoms with E-state index in [-0.39, 0.29) is 11.4 Å². The minimum absolute atomic E-state index is 0.216. The molecule has 1 aliphatic heterocycles. The first kappa shape index (κ1) is 16.3. The van der Waals surface area contributed by atoms with Gasteiger partial charge in [0.15, 0.2) is 11.3 Å². The van der Waals surface area contributed by atoms with Crippen molar-refractivity contribution in [3.05, 3.63) is 37.2 Å². The predicted octanol–water partition coefficient (Wildman–Crippen LogP) is 2.96. The Bertz CT molecular complexity index is 577. The summed E-state index contributed by atoms with van der Waals surface area (Å²) in [7, 11) is 0. The largest absolute Gasteiger partial charge is 0.489 e. The van der Waals surface area contributed by atoms with Gasteiger partial charge in [-0.1, -0.05) is 26.0 Å². The number of carbonyl (C=O) groups excluding carboxylic acids is 1. The third kappa shape index (κ3) is 2.45. The van der Waals surface area contributed by atoms with Crippen LogP contribution in [0, 0.1) is 0 Å². The second-order valence-electron chi connectivity index (χ2n) is 6.18. The Labute approximate surface area is 131 Å². The topological polar surface area (TPSA) is 53.4 Å². The van der Waals surface area contributed by atoms with E-state index in [1.54, 1.807) is 30.0 Å². The van der Waals surface area contributed by atoms with Gasteiger partial charge in [0.1, 0.15) is 0 Å². The number of allylic oxidation sites excluding steroid dienone is 2. The zero-order valence-corrected chi connectivity index (χ0v) is 13.6. The molecule has 0 aromatic carbocycles. The van der Waals surface area contributed by atoms with Gasteiger partial charge in [0.2, 0.25) is 0 Å². The average molecular weight is 304 g/mol. The maximum atomic E-state index is 12.7. The smallest absolute Gasteiger partial charge is 0.334 e. The van der Waals surface area contributed by atoms with Crippen molar-refractivity contribution in [2.75, 3.05) is 13.2 Å². The highest BCUT2D eigenvalue weighted by Gasteiger charge is 2.47. The van der Waals surface area contributed by atoms with Crippen LogP contribution in [-0.2, 0) is 20.5 Å². The number of hydrogen-bond donors (Lipinski definition) is 0. The molecule has 0 unspecified atom stereocenters. The maximum absolute atomic E-state index is 12.7. The van der Waals surface area contributed by atoms with Crippen LogP contribution in [0.5, 0.6) is 5.75 Å². The van der Waals surface area contributed by atoms with Crippen LogP contribution in [0.3, 0.4) is 0 Å². The highest BCUT2D eigenvalue weighted by atomic mass is 16.5. The average Bonchev–Trinajstić information content (AvgIpc) is 3.01. The Morgan fingerprint density at radius 3 is 2.68 bits per heavy atom. The molecule has 1 aliphatic rings. The van der Waals surface area contributed by atoms with Crippen LogP contribution in [0.1, 0.15) is 39.3 Å². The molecular weight excluding hydrogens is 280 g/mol. The molecule has 0 radical (unpaired) electrons. The van der Waals surface area contributed by atoms with Gasteiger partial charge in [-0.15, -0.1) is 13.2 Å². The lowest BCUT2D eigenvalue weighted by atomic mass is 9.86. The van der Waals surface area contributed by atoms with Crippen LogP contribution in [-0.4, -0.2) is 29.0 Å². The second-order valence-corrected chi connectivity index (χ2v) is 6.18. The van der Waals surface area contributed by atoms with Crippen molar-refractivity contribution < 1.29 is 14.3 Å². The molecule has 0 saturated heterocycles. The summed E-state index contributed by atoms with van der Waals surface area (Å²) in [5, 5.41) is 4.44. The molecule has 120 valence electrons. The van der Waals surface area contributed by atoms with Gasteiger partial charge in [-0.2, -0.15) is 5.10 Å². The van der Waals surface area contributed by atoms with Crippen molar-refractivity contribution in [3.8, 4) is 5.75 Å². The van der Waals surface area contributed by atoms with Crippen molar-refractivity contribution in [1.29, 1.82) is 0 Å². The van der Waals surface area contributed by atoms with E-state index in [9.17, 15) is 4.79 Å². The standard InChI is InChI=1S/C17H24N2O3/c1-6-9-17(10-7-2,15(20)21-8-3)19-14-13(11-18-19)22-12-16(14,4)5/h6-7,11H,1-2,8-10,12H2,3-5H3. The van der Waals surface area contributed by atoms with Crippen LogP contribution in [0.4, 0.5) is 0 Å². The first-order valence-electron chi connectivity index (χ1n) is 7.53. The minimum atomic E-state index is -0.960. The quantitative estimate of drug-likeness (QED) is 0.574. The van der Waals surface area contributed by atoms with Crippen molar-refractivity contribution in [2.24, 2.45) is 0 Å². The number of nitrogens with zero attached hydrogens (tertiary/aromatic N) is 2. The Hall–Kier alpha value is -2.04. The number of hydrogen-bond acceptors (Lipinski definition) is 4. The summed E-state index contributed by atoms with van der Waals surface area (Å²) in [6, 6.07) is 0. The van der Waals surface area contributed by atoms with Gasteiger partial charge < -0.3 is 9.47 Å². The second kappa shape index (κ2) is 5.99. The monoisotopic (exact) mass is 304 g/mol. The first-order chi connectivity index (χ1) is 10.4. The van der Waals surface area contributed by atoms with Gasteiger partial charge in [0, 0.05) is 18.3 Å². The summed E-state index contributed by atoms with van der Waals surface area (Å²) in [5.74, 6) is 0.412. The van der Waals surface area contributed by atoms with E-state index < -0.39 is 5.54 Å². The van der Waals surface area contributed by atoms with Gasteiger partial charge in [-0.3, -0.25) is 0 Å². The lowest BCUT2D eigenvalue weighted by Gasteiger charge is -2.33. The molecule has 5 nitrogen and oxygen atoms in total. The molecule has 2 heterocycles. The fourth-order valence-electron chi connectivity index (χ4n) is 2.96. The molecule has 0 atom stereocenters.